The number of phenolic OH excluding ortho intramolecular Hbond substituents is 1. The maximum atomic E-state index is 10.9. The molecule has 162 valence electrons. The maximum Gasteiger partial charge on any atom is 0.124 e. The first-order chi connectivity index (χ1) is 15.4. The summed E-state index contributed by atoms with van der Waals surface area (Å²) in [6.45, 7) is 9.35. The van der Waals surface area contributed by atoms with Gasteiger partial charge in [-0.1, -0.05) is 94.4 Å². The third-order valence-electron chi connectivity index (χ3n) is 6.98. The van der Waals surface area contributed by atoms with Gasteiger partial charge in [-0.15, -0.1) is 0 Å². The first kappa shape index (κ1) is 20.8. The second kappa shape index (κ2) is 7.81. The highest BCUT2D eigenvalue weighted by Crippen LogP contribution is 2.56. The fraction of sp³-hybridized carbons (Fsp3) is 0.290. The second-order valence-corrected chi connectivity index (χ2v) is 10.3. The second-order valence-electron chi connectivity index (χ2n) is 10.3. The SMILES string of the molecule is CC(C)CC1(CC(C)C)c2ccccc2-c2ccc(-c3c(O)ccc4ccccc34)cc21. The van der Waals surface area contributed by atoms with Gasteiger partial charge in [0.15, 0.2) is 0 Å². The van der Waals surface area contributed by atoms with Crippen LogP contribution in [0.1, 0.15) is 51.7 Å². The number of phenols is 1. The van der Waals surface area contributed by atoms with Gasteiger partial charge in [0.1, 0.15) is 5.75 Å². The van der Waals surface area contributed by atoms with Gasteiger partial charge in [0.2, 0.25) is 0 Å². The molecule has 4 aromatic rings. The summed E-state index contributed by atoms with van der Waals surface area (Å²) in [4.78, 5) is 0. The van der Waals surface area contributed by atoms with Crippen molar-refractivity contribution in [3.63, 3.8) is 0 Å². The van der Waals surface area contributed by atoms with Crippen molar-refractivity contribution in [2.75, 3.05) is 0 Å². The molecule has 0 heterocycles. The van der Waals surface area contributed by atoms with Gasteiger partial charge in [-0.05, 0) is 75.4 Å². The van der Waals surface area contributed by atoms with Crippen LogP contribution < -0.4 is 0 Å². The maximum absolute atomic E-state index is 10.9. The molecule has 0 bridgehead atoms. The number of rotatable bonds is 5. The highest BCUT2D eigenvalue weighted by molar-refractivity contribution is 6.00. The molecule has 0 atom stereocenters. The normalized spacial score (nSPS) is 14.2. The van der Waals surface area contributed by atoms with Crippen molar-refractivity contribution in [2.45, 2.75) is 46.0 Å². The molecule has 0 fully saturated rings. The van der Waals surface area contributed by atoms with Crippen LogP contribution in [0, 0.1) is 11.8 Å². The minimum atomic E-state index is 0.00444. The Morgan fingerprint density at radius 3 is 2.09 bits per heavy atom. The van der Waals surface area contributed by atoms with Gasteiger partial charge < -0.3 is 5.11 Å². The lowest BCUT2D eigenvalue weighted by Crippen LogP contribution is -2.29. The Balaban J connectivity index is 1.80. The quantitative estimate of drug-likeness (QED) is 0.343. The third-order valence-corrected chi connectivity index (χ3v) is 6.98. The number of benzene rings is 4. The van der Waals surface area contributed by atoms with E-state index in [9.17, 15) is 5.11 Å². The Labute approximate surface area is 191 Å². The Morgan fingerprint density at radius 1 is 0.688 bits per heavy atom. The topological polar surface area (TPSA) is 20.2 Å². The minimum absolute atomic E-state index is 0.00444. The van der Waals surface area contributed by atoms with Gasteiger partial charge in [-0.3, -0.25) is 0 Å². The smallest absolute Gasteiger partial charge is 0.124 e. The zero-order chi connectivity index (χ0) is 22.5. The number of hydrogen-bond donors (Lipinski definition) is 1. The zero-order valence-electron chi connectivity index (χ0n) is 19.5. The Hall–Kier alpha value is -3.06. The molecule has 0 unspecified atom stereocenters. The summed E-state index contributed by atoms with van der Waals surface area (Å²) in [7, 11) is 0. The highest BCUT2D eigenvalue weighted by Gasteiger charge is 2.43. The van der Waals surface area contributed by atoms with Crippen molar-refractivity contribution in [1.82, 2.24) is 0 Å². The van der Waals surface area contributed by atoms with Crippen LogP contribution in [0.2, 0.25) is 0 Å². The summed E-state index contributed by atoms with van der Waals surface area (Å²) in [6, 6.07) is 28.0. The van der Waals surface area contributed by atoms with Crippen LogP contribution in [-0.2, 0) is 5.41 Å². The lowest BCUT2D eigenvalue weighted by molar-refractivity contribution is 0.337. The molecule has 0 saturated heterocycles. The van der Waals surface area contributed by atoms with E-state index in [1.807, 2.05) is 12.1 Å². The summed E-state index contributed by atoms with van der Waals surface area (Å²) in [5.74, 6) is 1.52. The van der Waals surface area contributed by atoms with E-state index >= 15 is 0 Å². The van der Waals surface area contributed by atoms with Crippen molar-refractivity contribution in [2.24, 2.45) is 11.8 Å². The predicted molar refractivity (Wildman–Crippen MR) is 136 cm³/mol. The molecule has 1 heteroatoms. The average Bonchev–Trinajstić information content (AvgIpc) is 3.02. The van der Waals surface area contributed by atoms with E-state index in [1.54, 1.807) is 0 Å². The van der Waals surface area contributed by atoms with Crippen LogP contribution in [0.4, 0.5) is 0 Å². The standard InChI is InChI=1S/C31H32O/c1-20(2)18-31(19-21(3)4)27-12-8-7-11-25(27)26-15-13-23(17-28(26)31)30-24-10-6-5-9-22(24)14-16-29(30)32/h5-17,20-21,32H,18-19H2,1-4H3. The van der Waals surface area contributed by atoms with Crippen molar-refractivity contribution < 1.29 is 5.11 Å². The van der Waals surface area contributed by atoms with Crippen LogP contribution in [0.25, 0.3) is 33.0 Å². The highest BCUT2D eigenvalue weighted by atomic mass is 16.3. The van der Waals surface area contributed by atoms with Gasteiger partial charge in [-0.2, -0.15) is 0 Å². The van der Waals surface area contributed by atoms with E-state index < -0.39 is 0 Å². The fourth-order valence-corrected chi connectivity index (χ4v) is 6.09. The van der Waals surface area contributed by atoms with E-state index in [0.29, 0.717) is 17.6 Å². The van der Waals surface area contributed by atoms with Crippen LogP contribution in [0.15, 0.2) is 78.9 Å². The van der Waals surface area contributed by atoms with Crippen molar-refractivity contribution in [3.05, 3.63) is 90.0 Å². The monoisotopic (exact) mass is 420 g/mol. The van der Waals surface area contributed by atoms with E-state index in [4.69, 9.17) is 0 Å². The van der Waals surface area contributed by atoms with Crippen molar-refractivity contribution >= 4 is 10.8 Å². The minimum Gasteiger partial charge on any atom is -0.507 e. The summed E-state index contributed by atoms with van der Waals surface area (Å²) >= 11 is 0. The van der Waals surface area contributed by atoms with Gasteiger partial charge in [0.25, 0.3) is 0 Å². The van der Waals surface area contributed by atoms with Crippen molar-refractivity contribution in [1.29, 1.82) is 0 Å². The van der Waals surface area contributed by atoms with E-state index in [2.05, 4.69) is 94.4 Å². The Kier molecular flexibility index (Phi) is 5.08. The largest absolute Gasteiger partial charge is 0.507 e. The first-order valence-electron chi connectivity index (χ1n) is 11.9. The van der Waals surface area contributed by atoms with Gasteiger partial charge >= 0.3 is 0 Å². The average molecular weight is 421 g/mol. The summed E-state index contributed by atoms with van der Waals surface area (Å²) in [5.41, 5.74) is 7.66. The van der Waals surface area contributed by atoms with Gasteiger partial charge in [0, 0.05) is 11.0 Å². The molecule has 1 aliphatic rings. The van der Waals surface area contributed by atoms with Crippen molar-refractivity contribution in [3.8, 4) is 28.0 Å². The van der Waals surface area contributed by atoms with Crippen LogP contribution >= 0.6 is 0 Å². The molecule has 1 nitrogen and oxygen atoms in total. The lowest BCUT2D eigenvalue weighted by Gasteiger charge is -2.36. The van der Waals surface area contributed by atoms with E-state index in [0.717, 1.165) is 34.7 Å². The molecule has 0 saturated carbocycles. The van der Waals surface area contributed by atoms with Gasteiger partial charge in [-0.25, -0.2) is 0 Å². The predicted octanol–water partition coefficient (Wildman–Crippen LogP) is 8.57. The molecule has 1 N–H and O–H groups in total. The Bertz CT molecular complexity index is 1290. The molecular weight excluding hydrogens is 388 g/mol. The fourth-order valence-electron chi connectivity index (χ4n) is 6.09. The van der Waals surface area contributed by atoms with E-state index in [1.165, 1.54) is 22.3 Å². The Morgan fingerprint density at radius 2 is 1.34 bits per heavy atom. The van der Waals surface area contributed by atoms with Crippen LogP contribution in [0.3, 0.4) is 0 Å². The number of hydrogen-bond acceptors (Lipinski definition) is 1. The van der Waals surface area contributed by atoms with Crippen LogP contribution in [0.5, 0.6) is 5.75 Å². The zero-order valence-corrected chi connectivity index (χ0v) is 19.5. The molecule has 0 aromatic heterocycles. The molecule has 0 spiro atoms. The third kappa shape index (κ3) is 3.23. The molecule has 1 aliphatic carbocycles. The van der Waals surface area contributed by atoms with Crippen LogP contribution in [-0.4, -0.2) is 5.11 Å². The molecule has 5 rings (SSSR count). The molecule has 0 radical (unpaired) electrons. The first-order valence-corrected chi connectivity index (χ1v) is 11.9. The number of aromatic hydroxyl groups is 1. The summed E-state index contributed by atoms with van der Waals surface area (Å²) < 4.78 is 0. The lowest BCUT2D eigenvalue weighted by atomic mass is 9.67. The molecule has 32 heavy (non-hydrogen) atoms. The van der Waals surface area contributed by atoms with Gasteiger partial charge in [0.05, 0.1) is 0 Å². The summed E-state index contributed by atoms with van der Waals surface area (Å²) in [6.07, 6.45) is 2.25. The molecule has 4 aromatic carbocycles. The molecular formula is C31H32O. The number of fused-ring (bicyclic) bond motifs is 4. The summed E-state index contributed by atoms with van der Waals surface area (Å²) in [5, 5.41) is 13.2. The molecule has 0 aliphatic heterocycles. The van der Waals surface area contributed by atoms with E-state index in [-0.39, 0.29) is 5.41 Å². The molecule has 0 amide bonds.